The fraction of sp³-hybridized carbons (Fsp3) is 0.714. The first kappa shape index (κ1) is 14.2. The quantitative estimate of drug-likeness (QED) is 0.887. The molecule has 2 heterocycles. The molecule has 19 heavy (non-hydrogen) atoms. The Bertz CT molecular complexity index is 414. The van der Waals surface area contributed by atoms with Crippen molar-refractivity contribution >= 4 is 5.82 Å². The fourth-order valence-corrected chi connectivity index (χ4v) is 2.67. The van der Waals surface area contributed by atoms with Gasteiger partial charge in [0.15, 0.2) is 5.82 Å². The largest absolute Gasteiger partial charge is 0.380 e. The van der Waals surface area contributed by atoms with Crippen molar-refractivity contribution in [1.82, 2.24) is 10.2 Å². The predicted molar refractivity (Wildman–Crippen MR) is 76.3 cm³/mol. The van der Waals surface area contributed by atoms with Gasteiger partial charge in [-0.1, -0.05) is 13.8 Å². The number of hydrogen-bond donors (Lipinski definition) is 1. The summed E-state index contributed by atoms with van der Waals surface area (Å²) in [6, 6.07) is 0. The van der Waals surface area contributed by atoms with Gasteiger partial charge in [-0.3, -0.25) is 0 Å². The second-order valence-electron chi connectivity index (χ2n) is 4.79. The van der Waals surface area contributed by atoms with Gasteiger partial charge in [0.2, 0.25) is 0 Å². The molecule has 2 rings (SSSR count). The van der Waals surface area contributed by atoms with Gasteiger partial charge in [0.1, 0.15) is 0 Å². The highest BCUT2D eigenvalue weighted by Crippen LogP contribution is 2.24. The molecule has 1 fully saturated rings. The summed E-state index contributed by atoms with van der Waals surface area (Å²) in [5, 5.41) is 8.83. The lowest BCUT2D eigenvalue weighted by atomic mass is 10.0. The SMILES string of the molecule is CCc1nnc(N2CCCOCC2)c(CN)c1CC. The molecule has 106 valence electrons. The van der Waals surface area contributed by atoms with Crippen LogP contribution < -0.4 is 10.6 Å². The van der Waals surface area contributed by atoms with Crippen LogP contribution in [0.25, 0.3) is 0 Å². The molecule has 0 atom stereocenters. The molecule has 1 aliphatic rings. The summed E-state index contributed by atoms with van der Waals surface area (Å²) < 4.78 is 5.50. The minimum atomic E-state index is 0.526. The zero-order valence-electron chi connectivity index (χ0n) is 12.0. The second-order valence-corrected chi connectivity index (χ2v) is 4.79. The van der Waals surface area contributed by atoms with Crippen molar-refractivity contribution in [2.24, 2.45) is 5.73 Å². The Morgan fingerprint density at radius 1 is 1.11 bits per heavy atom. The lowest BCUT2D eigenvalue weighted by Crippen LogP contribution is -2.29. The predicted octanol–water partition coefficient (Wildman–Crippen LogP) is 1.29. The summed E-state index contributed by atoms with van der Waals surface area (Å²) in [7, 11) is 0. The van der Waals surface area contributed by atoms with E-state index in [1.807, 2.05) is 0 Å². The van der Waals surface area contributed by atoms with Crippen molar-refractivity contribution < 1.29 is 4.74 Å². The van der Waals surface area contributed by atoms with E-state index in [-0.39, 0.29) is 0 Å². The summed E-state index contributed by atoms with van der Waals surface area (Å²) in [6.45, 7) is 8.22. The Balaban J connectivity index is 2.38. The average Bonchev–Trinajstić information content (AvgIpc) is 2.74. The molecule has 0 radical (unpaired) electrons. The first-order valence-corrected chi connectivity index (χ1v) is 7.21. The smallest absolute Gasteiger partial charge is 0.156 e. The van der Waals surface area contributed by atoms with E-state index in [2.05, 4.69) is 28.9 Å². The van der Waals surface area contributed by atoms with Crippen LogP contribution in [-0.2, 0) is 24.1 Å². The van der Waals surface area contributed by atoms with Gasteiger partial charge < -0.3 is 15.4 Å². The standard InChI is InChI=1S/C14H24N4O/c1-3-11-12(10-15)14(17-16-13(11)4-2)18-6-5-8-19-9-7-18/h3-10,15H2,1-2H3. The molecular formula is C14H24N4O. The van der Waals surface area contributed by atoms with Gasteiger partial charge in [0.05, 0.1) is 12.3 Å². The molecule has 0 aromatic carbocycles. The summed E-state index contributed by atoms with van der Waals surface area (Å²) in [6.07, 6.45) is 2.90. The van der Waals surface area contributed by atoms with Gasteiger partial charge >= 0.3 is 0 Å². The molecule has 5 nitrogen and oxygen atoms in total. The van der Waals surface area contributed by atoms with Gasteiger partial charge in [0.25, 0.3) is 0 Å². The van der Waals surface area contributed by atoms with Crippen molar-refractivity contribution in [2.75, 3.05) is 31.2 Å². The number of anilines is 1. The molecule has 0 saturated carbocycles. The third-order valence-electron chi connectivity index (χ3n) is 3.66. The maximum absolute atomic E-state index is 5.97. The number of aromatic nitrogens is 2. The lowest BCUT2D eigenvalue weighted by molar-refractivity contribution is 0.152. The molecule has 1 saturated heterocycles. The number of aryl methyl sites for hydroxylation is 1. The molecule has 0 spiro atoms. The average molecular weight is 264 g/mol. The molecule has 0 amide bonds. The highest BCUT2D eigenvalue weighted by Gasteiger charge is 2.19. The van der Waals surface area contributed by atoms with E-state index < -0.39 is 0 Å². The van der Waals surface area contributed by atoms with E-state index in [4.69, 9.17) is 10.5 Å². The van der Waals surface area contributed by atoms with Crippen LogP contribution >= 0.6 is 0 Å². The molecule has 1 aromatic rings. The Morgan fingerprint density at radius 2 is 1.95 bits per heavy atom. The first-order valence-electron chi connectivity index (χ1n) is 7.21. The fourth-order valence-electron chi connectivity index (χ4n) is 2.67. The van der Waals surface area contributed by atoms with Gasteiger partial charge in [-0.2, -0.15) is 5.10 Å². The summed E-state index contributed by atoms with van der Waals surface area (Å²) in [5.74, 6) is 0.960. The summed E-state index contributed by atoms with van der Waals surface area (Å²) in [5.41, 5.74) is 9.49. The molecular weight excluding hydrogens is 240 g/mol. The zero-order valence-corrected chi connectivity index (χ0v) is 12.0. The monoisotopic (exact) mass is 264 g/mol. The van der Waals surface area contributed by atoms with Crippen molar-refractivity contribution in [2.45, 2.75) is 39.7 Å². The molecule has 1 aliphatic heterocycles. The zero-order chi connectivity index (χ0) is 13.7. The minimum Gasteiger partial charge on any atom is -0.380 e. The van der Waals surface area contributed by atoms with Crippen LogP contribution in [0.15, 0.2) is 0 Å². The number of nitrogens with zero attached hydrogens (tertiary/aromatic N) is 3. The Hall–Kier alpha value is -1.20. The van der Waals surface area contributed by atoms with E-state index in [9.17, 15) is 0 Å². The van der Waals surface area contributed by atoms with Crippen molar-refractivity contribution in [3.63, 3.8) is 0 Å². The first-order chi connectivity index (χ1) is 9.31. The second kappa shape index (κ2) is 6.82. The maximum Gasteiger partial charge on any atom is 0.156 e. The lowest BCUT2D eigenvalue weighted by Gasteiger charge is -2.24. The van der Waals surface area contributed by atoms with E-state index in [0.717, 1.165) is 62.6 Å². The molecule has 1 aromatic heterocycles. The molecule has 0 bridgehead atoms. The van der Waals surface area contributed by atoms with E-state index >= 15 is 0 Å². The van der Waals surface area contributed by atoms with Crippen molar-refractivity contribution in [3.05, 3.63) is 16.8 Å². The minimum absolute atomic E-state index is 0.526. The summed E-state index contributed by atoms with van der Waals surface area (Å²) >= 11 is 0. The van der Waals surface area contributed by atoms with Gasteiger partial charge in [-0.05, 0) is 24.8 Å². The Labute approximate surface area is 115 Å². The van der Waals surface area contributed by atoms with Gasteiger partial charge in [0, 0.05) is 31.8 Å². The number of nitrogens with two attached hydrogens (primary N) is 1. The molecule has 0 aliphatic carbocycles. The van der Waals surface area contributed by atoms with Crippen LogP contribution in [0, 0.1) is 0 Å². The molecule has 0 unspecified atom stereocenters. The van der Waals surface area contributed by atoms with E-state index in [0.29, 0.717) is 6.54 Å². The van der Waals surface area contributed by atoms with Crippen LogP contribution in [0.5, 0.6) is 0 Å². The normalized spacial score (nSPS) is 16.5. The van der Waals surface area contributed by atoms with Crippen molar-refractivity contribution in [1.29, 1.82) is 0 Å². The Morgan fingerprint density at radius 3 is 2.63 bits per heavy atom. The van der Waals surface area contributed by atoms with Gasteiger partial charge in [-0.25, -0.2) is 0 Å². The summed E-state index contributed by atoms with van der Waals surface area (Å²) in [4.78, 5) is 2.26. The number of hydrogen-bond acceptors (Lipinski definition) is 5. The third kappa shape index (κ3) is 3.04. The van der Waals surface area contributed by atoms with Crippen LogP contribution in [-0.4, -0.2) is 36.5 Å². The highest BCUT2D eigenvalue weighted by atomic mass is 16.5. The van der Waals surface area contributed by atoms with Crippen LogP contribution in [0.4, 0.5) is 5.82 Å². The van der Waals surface area contributed by atoms with Gasteiger partial charge in [-0.15, -0.1) is 5.10 Å². The third-order valence-corrected chi connectivity index (χ3v) is 3.66. The van der Waals surface area contributed by atoms with Crippen LogP contribution in [0.1, 0.15) is 37.1 Å². The molecule has 2 N–H and O–H groups in total. The van der Waals surface area contributed by atoms with E-state index in [1.54, 1.807) is 0 Å². The topological polar surface area (TPSA) is 64.3 Å². The highest BCUT2D eigenvalue weighted by molar-refractivity contribution is 5.51. The van der Waals surface area contributed by atoms with Crippen LogP contribution in [0.3, 0.4) is 0 Å². The molecule has 5 heteroatoms. The van der Waals surface area contributed by atoms with Crippen molar-refractivity contribution in [3.8, 4) is 0 Å². The Kier molecular flexibility index (Phi) is 5.10. The number of rotatable bonds is 4. The maximum atomic E-state index is 5.97. The van der Waals surface area contributed by atoms with E-state index in [1.165, 1.54) is 5.56 Å². The van der Waals surface area contributed by atoms with Crippen LogP contribution in [0.2, 0.25) is 0 Å². The number of ether oxygens (including phenoxy) is 1.